The first-order chi connectivity index (χ1) is 8.42. The first-order valence-electron chi connectivity index (χ1n) is 5.61. The van der Waals surface area contributed by atoms with E-state index in [1.807, 2.05) is 18.2 Å². The predicted octanol–water partition coefficient (Wildman–Crippen LogP) is 0.786. The number of nitrogens with zero attached hydrogens (tertiary/aromatic N) is 1. The molecule has 0 atom stereocenters. The SMILES string of the molecule is CC(C)(NC(=O)NCCc1ccccn1)C(=O)O. The van der Waals surface area contributed by atoms with Crippen molar-refractivity contribution in [1.29, 1.82) is 0 Å². The Labute approximate surface area is 105 Å². The fourth-order valence-corrected chi connectivity index (χ4v) is 1.23. The van der Waals surface area contributed by atoms with Crippen molar-refractivity contribution in [2.45, 2.75) is 25.8 Å². The van der Waals surface area contributed by atoms with E-state index in [9.17, 15) is 9.59 Å². The van der Waals surface area contributed by atoms with E-state index in [4.69, 9.17) is 5.11 Å². The number of aromatic nitrogens is 1. The molecule has 3 N–H and O–H groups in total. The Morgan fingerprint density at radius 1 is 1.39 bits per heavy atom. The van der Waals surface area contributed by atoms with Crippen molar-refractivity contribution in [3.8, 4) is 0 Å². The summed E-state index contributed by atoms with van der Waals surface area (Å²) in [5, 5.41) is 13.8. The van der Waals surface area contributed by atoms with Gasteiger partial charge in [-0.1, -0.05) is 6.07 Å². The normalized spacial score (nSPS) is 10.8. The third kappa shape index (κ3) is 4.40. The predicted molar refractivity (Wildman–Crippen MR) is 66.2 cm³/mol. The molecular weight excluding hydrogens is 234 g/mol. The number of rotatable bonds is 5. The smallest absolute Gasteiger partial charge is 0.328 e. The van der Waals surface area contributed by atoms with Crippen molar-refractivity contribution >= 4 is 12.0 Å². The standard InChI is InChI=1S/C12H17N3O3/c1-12(2,10(16)17)15-11(18)14-8-6-9-5-3-4-7-13-9/h3-5,7H,6,8H2,1-2H3,(H,16,17)(H2,14,15,18). The maximum Gasteiger partial charge on any atom is 0.328 e. The van der Waals surface area contributed by atoms with E-state index in [0.29, 0.717) is 13.0 Å². The molecule has 6 nitrogen and oxygen atoms in total. The Bertz CT molecular complexity index is 418. The lowest BCUT2D eigenvalue weighted by Crippen LogP contribution is -2.53. The van der Waals surface area contributed by atoms with Gasteiger partial charge in [0.2, 0.25) is 0 Å². The van der Waals surface area contributed by atoms with E-state index in [0.717, 1.165) is 5.69 Å². The van der Waals surface area contributed by atoms with Gasteiger partial charge in [-0.3, -0.25) is 4.98 Å². The molecule has 18 heavy (non-hydrogen) atoms. The Kier molecular flexibility index (Phi) is 4.65. The van der Waals surface area contributed by atoms with E-state index in [1.165, 1.54) is 13.8 Å². The Morgan fingerprint density at radius 3 is 2.67 bits per heavy atom. The molecule has 0 spiro atoms. The third-order valence-electron chi connectivity index (χ3n) is 2.35. The van der Waals surface area contributed by atoms with Gasteiger partial charge in [-0.15, -0.1) is 0 Å². The van der Waals surface area contributed by atoms with Crippen LogP contribution in [0.2, 0.25) is 0 Å². The van der Waals surface area contributed by atoms with Crippen LogP contribution < -0.4 is 10.6 Å². The Hall–Kier alpha value is -2.11. The van der Waals surface area contributed by atoms with E-state index < -0.39 is 17.5 Å². The number of amides is 2. The van der Waals surface area contributed by atoms with Crippen LogP contribution in [-0.4, -0.2) is 34.2 Å². The van der Waals surface area contributed by atoms with Gasteiger partial charge in [-0.2, -0.15) is 0 Å². The summed E-state index contributed by atoms with van der Waals surface area (Å²) in [5.74, 6) is -1.08. The number of carboxylic acid groups (broad SMARTS) is 1. The lowest BCUT2D eigenvalue weighted by atomic mass is 10.1. The van der Waals surface area contributed by atoms with Crippen LogP contribution in [0.15, 0.2) is 24.4 Å². The number of pyridine rings is 1. The molecule has 2 amide bonds. The Balaban J connectivity index is 2.32. The van der Waals surface area contributed by atoms with Crippen LogP contribution in [0, 0.1) is 0 Å². The highest BCUT2D eigenvalue weighted by Gasteiger charge is 2.28. The molecule has 0 saturated carbocycles. The van der Waals surface area contributed by atoms with Crippen molar-refractivity contribution in [2.24, 2.45) is 0 Å². The van der Waals surface area contributed by atoms with Crippen molar-refractivity contribution < 1.29 is 14.7 Å². The van der Waals surface area contributed by atoms with Crippen LogP contribution in [0.25, 0.3) is 0 Å². The van der Waals surface area contributed by atoms with Gasteiger partial charge >= 0.3 is 12.0 Å². The second-order valence-corrected chi connectivity index (χ2v) is 4.38. The van der Waals surface area contributed by atoms with Gasteiger partial charge in [0.05, 0.1) is 0 Å². The molecule has 1 heterocycles. The average Bonchev–Trinajstić information content (AvgIpc) is 2.29. The average molecular weight is 251 g/mol. The van der Waals surface area contributed by atoms with Gasteiger partial charge < -0.3 is 15.7 Å². The zero-order chi connectivity index (χ0) is 13.6. The lowest BCUT2D eigenvalue weighted by molar-refractivity contribution is -0.142. The monoisotopic (exact) mass is 251 g/mol. The van der Waals surface area contributed by atoms with Crippen LogP contribution >= 0.6 is 0 Å². The van der Waals surface area contributed by atoms with Gasteiger partial charge in [0.1, 0.15) is 5.54 Å². The minimum Gasteiger partial charge on any atom is -0.480 e. The summed E-state index contributed by atoms with van der Waals surface area (Å²) >= 11 is 0. The zero-order valence-corrected chi connectivity index (χ0v) is 10.4. The van der Waals surface area contributed by atoms with Crippen LogP contribution in [0.4, 0.5) is 4.79 Å². The number of aliphatic carboxylic acids is 1. The van der Waals surface area contributed by atoms with E-state index in [-0.39, 0.29) is 0 Å². The highest BCUT2D eigenvalue weighted by atomic mass is 16.4. The Morgan fingerprint density at radius 2 is 2.11 bits per heavy atom. The van der Waals surface area contributed by atoms with Crippen molar-refractivity contribution in [1.82, 2.24) is 15.6 Å². The molecule has 0 fully saturated rings. The largest absolute Gasteiger partial charge is 0.480 e. The van der Waals surface area contributed by atoms with Gasteiger partial charge in [0, 0.05) is 24.9 Å². The maximum atomic E-state index is 11.4. The minimum atomic E-state index is -1.28. The first-order valence-corrected chi connectivity index (χ1v) is 5.61. The van der Waals surface area contributed by atoms with Crippen LogP contribution in [0.1, 0.15) is 19.5 Å². The quantitative estimate of drug-likeness (QED) is 0.721. The first kappa shape index (κ1) is 14.0. The van der Waals surface area contributed by atoms with Crippen molar-refractivity contribution in [2.75, 3.05) is 6.54 Å². The molecule has 0 aliphatic rings. The molecule has 6 heteroatoms. The third-order valence-corrected chi connectivity index (χ3v) is 2.35. The summed E-state index contributed by atoms with van der Waals surface area (Å²) in [5.41, 5.74) is -0.412. The van der Waals surface area contributed by atoms with Crippen LogP contribution in [0.5, 0.6) is 0 Å². The molecule has 0 aromatic carbocycles. The number of carbonyl (C=O) groups is 2. The van der Waals surface area contributed by atoms with Gasteiger partial charge in [0.25, 0.3) is 0 Å². The highest BCUT2D eigenvalue weighted by Crippen LogP contribution is 2.01. The molecule has 0 radical (unpaired) electrons. The molecule has 0 aliphatic heterocycles. The molecule has 0 bridgehead atoms. The molecule has 0 unspecified atom stereocenters. The number of nitrogens with one attached hydrogen (secondary N) is 2. The summed E-state index contributed by atoms with van der Waals surface area (Å²) in [6.45, 7) is 3.25. The zero-order valence-electron chi connectivity index (χ0n) is 10.4. The second-order valence-electron chi connectivity index (χ2n) is 4.38. The summed E-state index contributed by atoms with van der Waals surface area (Å²) in [6.07, 6.45) is 2.28. The topological polar surface area (TPSA) is 91.3 Å². The summed E-state index contributed by atoms with van der Waals surface area (Å²) in [6, 6.07) is 5.05. The van der Waals surface area contributed by atoms with E-state index >= 15 is 0 Å². The molecule has 98 valence electrons. The van der Waals surface area contributed by atoms with Crippen LogP contribution in [-0.2, 0) is 11.2 Å². The lowest BCUT2D eigenvalue weighted by Gasteiger charge is -2.21. The summed E-state index contributed by atoms with van der Waals surface area (Å²) in [4.78, 5) is 26.4. The van der Waals surface area contributed by atoms with E-state index in [2.05, 4.69) is 15.6 Å². The number of carbonyl (C=O) groups excluding carboxylic acids is 1. The minimum absolute atomic E-state index is 0.401. The van der Waals surface area contributed by atoms with E-state index in [1.54, 1.807) is 6.20 Å². The van der Waals surface area contributed by atoms with Crippen molar-refractivity contribution in [3.63, 3.8) is 0 Å². The summed E-state index contributed by atoms with van der Waals surface area (Å²) in [7, 11) is 0. The molecule has 1 aromatic rings. The number of hydrogen-bond donors (Lipinski definition) is 3. The number of hydrogen-bond acceptors (Lipinski definition) is 3. The highest BCUT2D eigenvalue weighted by molar-refractivity contribution is 5.85. The van der Waals surface area contributed by atoms with Crippen molar-refractivity contribution in [3.05, 3.63) is 30.1 Å². The number of urea groups is 1. The summed E-state index contributed by atoms with van der Waals surface area (Å²) < 4.78 is 0. The molecule has 1 aromatic heterocycles. The van der Waals surface area contributed by atoms with Gasteiger partial charge in [-0.05, 0) is 26.0 Å². The van der Waals surface area contributed by atoms with Gasteiger partial charge in [-0.25, -0.2) is 9.59 Å². The maximum absolute atomic E-state index is 11.4. The fraction of sp³-hybridized carbons (Fsp3) is 0.417. The van der Waals surface area contributed by atoms with Gasteiger partial charge in [0.15, 0.2) is 0 Å². The molecular formula is C12H17N3O3. The fourth-order valence-electron chi connectivity index (χ4n) is 1.23. The van der Waals surface area contributed by atoms with Crippen LogP contribution in [0.3, 0.4) is 0 Å². The molecule has 0 saturated heterocycles. The molecule has 1 rings (SSSR count). The molecule has 0 aliphatic carbocycles. The number of carboxylic acids is 1. The second kappa shape index (κ2) is 6.00.